The van der Waals surface area contributed by atoms with Crippen LogP contribution < -0.4 is 0 Å². The molecule has 94 valence electrons. The Hall–Kier alpha value is -0.980. The zero-order valence-electron chi connectivity index (χ0n) is 10.8. The normalized spacial score (nSPS) is 10.7. The van der Waals surface area contributed by atoms with Crippen LogP contribution in [0.2, 0.25) is 10.0 Å². The van der Waals surface area contributed by atoms with Crippen LogP contribution in [-0.4, -0.2) is 0 Å². The van der Waals surface area contributed by atoms with Crippen molar-refractivity contribution in [2.45, 2.75) is 27.2 Å². The van der Waals surface area contributed by atoms with Crippen molar-refractivity contribution in [1.29, 1.82) is 0 Å². The molecule has 0 aliphatic heterocycles. The van der Waals surface area contributed by atoms with E-state index >= 15 is 0 Å². The minimum absolute atomic E-state index is 0.671. The third-order valence-corrected chi connectivity index (χ3v) is 3.75. The van der Waals surface area contributed by atoms with Crippen LogP contribution in [0.15, 0.2) is 30.3 Å². The quantitative estimate of drug-likeness (QED) is 0.647. The van der Waals surface area contributed by atoms with Gasteiger partial charge in [0, 0.05) is 15.6 Å². The second kappa shape index (κ2) is 5.34. The van der Waals surface area contributed by atoms with E-state index in [0.29, 0.717) is 10.0 Å². The second-order valence-electron chi connectivity index (χ2n) is 4.58. The van der Waals surface area contributed by atoms with Gasteiger partial charge >= 0.3 is 0 Å². The van der Waals surface area contributed by atoms with Crippen molar-refractivity contribution < 1.29 is 0 Å². The van der Waals surface area contributed by atoms with Gasteiger partial charge in [-0.15, -0.1) is 0 Å². The molecular weight excluding hydrogens is 263 g/mol. The summed E-state index contributed by atoms with van der Waals surface area (Å²) in [6.45, 7) is 6.43. The molecule has 0 saturated heterocycles. The van der Waals surface area contributed by atoms with E-state index in [1.807, 2.05) is 12.1 Å². The fourth-order valence-electron chi connectivity index (χ4n) is 2.37. The molecule has 0 spiro atoms. The highest BCUT2D eigenvalue weighted by Gasteiger charge is 2.10. The van der Waals surface area contributed by atoms with E-state index in [4.69, 9.17) is 23.2 Å². The number of aryl methyl sites for hydroxylation is 3. The monoisotopic (exact) mass is 278 g/mol. The molecule has 0 aromatic heterocycles. The summed E-state index contributed by atoms with van der Waals surface area (Å²) in [4.78, 5) is 0. The molecule has 2 aromatic carbocycles. The van der Waals surface area contributed by atoms with Gasteiger partial charge in [0.2, 0.25) is 0 Å². The van der Waals surface area contributed by atoms with Crippen molar-refractivity contribution in [3.05, 3.63) is 57.1 Å². The Bertz CT molecular complexity index is 563. The predicted molar refractivity (Wildman–Crippen MR) is 80.8 cm³/mol. The van der Waals surface area contributed by atoms with Crippen LogP contribution >= 0.6 is 23.2 Å². The van der Waals surface area contributed by atoms with Crippen molar-refractivity contribution in [1.82, 2.24) is 0 Å². The van der Waals surface area contributed by atoms with Gasteiger partial charge < -0.3 is 0 Å². The first-order valence-electron chi connectivity index (χ1n) is 6.08. The number of rotatable bonds is 2. The number of hydrogen-bond donors (Lipinski definition) is 0. The SMILES string of the molecule is CCc1cc(C)c(-c2ccc(Cl)cc2Cl)c(C)c1. The predicted octanol–water partition coefficient (Wildman–Crippen LogP) is 5.84. The molecule has 0 atom stereocenters. The van der Waals surface area contributed by atoms with Crippen LogP contribution in [-0.2, 0) is 6.42 Å². The van der Waals surface area contributed by atoms with Gasteiger partial charge in [-0.3, -0.25) is 0 Å². The fourth-order valence-corrected chi connectivity index (χ4v) is 2.88. The van der Waals surface area contributed by atoms with Crippen LogP contribution in [0.25, 0.3) is 11.1 Å². The zero-order chi connectivity index (χ0) is 13.3. The summed E-state index contributed by atoms with van der Waals surface area (Å²) in [5.41, 5.74) is 6.15. The fraction of sp³-hybridized carbons (Fsp3) is 0.250. The highest BCUT2D eigenvalue weighted by Crippen LogP contribution is 2.35. The molecule has 0 N–H and O–H groups in total. The minimum Gasteiger partial charge on any atom is -0.0843 e. The second-order valence-corrected chi connectivity index (χ2v) is 5.43. The molecule has 0 amide bonds. The van der Waals surface area contributed by atoms with E-state index in [2.05, 4.69) is 32.9 Å². The van der Waals surface area contributed by atoms with Gasteiger partial charge in [-0.05, 0) is 54.7 Å². The van der Waals surface area contributed by atoms with Gasteiger partial charge in [-0.1, -0.05) is 48.3 Å². The van der Waals surface area contributed by atoms with Crippen LogP contribution in [0.4, 0.5) is 0 Å². The maximum atomic E-state index is 6.30. The molecule has 0 nitrogen and oxygen atoms in total. The molecule has 0 saturated carbocycles. The number of benzene rings is 2. The van der Waals surface area contributed by atoms with Crippen molar-refractivity contribution >= 4 is 23.2 Å². The molecule has 2 aromatic rings. The zero-order valence-corrected chi connectivity index (χ0v) is 12.4. The van der Waals surface area contributed by atoms with E-state index in [1.54, 1.807) is 6.07 Å². The summed E-state index contributed by atoms with van der Waals surface area (Å²) in [6.07, 6.45) is 1.05. The minimum atomic E-state index is 0.671. The highest BCUT2D eigenvalue weighted by molar-refractivity contribution is 6.36. The molecule has 0 heterocycles. The Labute approximate surface area is 119 Å². The van der Waals surface area contributed by atoms with Crippen LogP contribution in [0.1, 0.15) is 23.6 Å². The lowest BCUT2D eigenvalue weighted by atomic mass is 9.93. The molecule has 0 bridgehead atoms. The molecule has 0 fully saturated rings. The number of hydrogen-bond acceptors (Lipinski definition) is 0. The van der Waals surface area contributed by atoms with Gasteiger partial charge in [-0.2, -0.15) is 0 Å². The molecule has 2 rings (SSSR count). The summed E-state index contributed by atoms with van der Waals surface area (Å²) in [7, 11) is 0. The van der Waals surface area contributed by atoms with Crippen LogP contribution in [0.5, 0.6) is 0 Å². The average Bonchev–Trinajstić information content (AvgIpc) is 2.30. The van der Waals surface area contributed by atoms with Gasteiger partial charge in [0.05, 0.1) is 0 Å². The van der Waals surface area contributed by atoms with Gasteiger partial charge in [0.1, 0.15) is 0 Å². The summed E-state index contributed by atoms with van der Waals surface area (Å²) in [5, 5.41) is 1.38. The van der Waals surface area contributed by atoms with E-state index in [0.717, 1.165) is 12.0 Å². The Morgan fingerprint density at radius 2 is 1.56 bits per heavy atom. The van der Waals surface area contributed by atoms with Gasteiger partial charge in [-0.25, -0.2) is 0 Å². The Balaban J connectivity index is 2.64. The van der Waals surface area contributed by atoms with Gasteiger partial charge in [0.25, 0.3) is 0 Å². The van der Waals surface area contributed by atoms with E-state index in [-0.39, 0.29) is 0 Å². The summed E-state index contributed by atoms with van der Waals surface area (Å²) < 4.78 is 0. The highest BCUT2D eigenvalue weighted by atomic mass is 35.5. The molecular formula is C16H16Cl2. The van der Waals surface area contributed by atoms with Crippen molar-refractivity contribution in [2.75, 3.05) is 0 Å². The van der Waals surface area contributed by atoms with Crippen molar-refractivity contribution in [3.8, 4) is 11.1 Å². The topological polar surface area (TPSA) is 0 Å². The largest absolute Gasteiger partial charge is 0.0843 e. The smallest absolute Gasteiger partial charge is 0.0499 e. The van der Waals surface area contributed by atoms with Crippen LogP contribution in [0.3, 0.4) is 0 Å². The first kappa shape index (κ1) is 13.5. The van der Waals surface area contributed by atoms with E-state index in [9.17, 15) is 0 Å². The molecule has 0 radical (unpaired) electrons. The first-order chi connectivity index (χ1) is 8.52. The summed E-state index contributed by atoms with van der Waals surface area (Å²) in [6, 6.07) is 10.1. The third kappa shape index (κ3) is 2.55. The first-order valence-corrected chi connectivity index (χ1v) is 6.84. The third-order valence-electron chi connectivity index (χ3n) is 3.20. The van der Waals surface area contributed by atoms with Gasteiger partial charge in [0.15, 0.2) is 0 Å². The Morgan fingerprint density at radius 3 is 2.06 bits per heavy atom. The van der Waals surface area contributed by atoms with Crippen molar-refractivity contribution in [2.24, 2.45) is 0 Å². The molecule has 2 heteroatoms. The lowest BCUT2D eigenvalue weighted by Crippen LogP contribution is -1.92. The standard InChI is InChI=1S/C16H16Cl2/c1-4-12-7-10(2)16(11(3)8-12)14-6-5-13(17)9-15(14)18/h5-9H,4H2,1-3H3. The van der Waals surface area contributed by atoms with Crippen molar-refractivity contribution in [3.63, 3.8) is 0 Å². The molecule has 0 aliphatic rings. The maximum absolute atomic E-state index is 6.30. The van der Waals surface area contributed by atoms with Crippen LogP contribution in [0, 0.1) is 13.8 Å². The summed E-state index contributed by atoms with van der Waals surface area (Å²) in [5.74, 6) is 0. The molecule has 0 aliphatic carbocycles. The Morgan fingerprint density at radius 1 is 0.944 bits per heavy atom. The van der Waals surface area contributed by atoms with E-state index in [1.165, 1.54) is 22.3 Å². The molecule has 0 unspecified atom stereocenters. The average molecular weight is 279 g/mol. The lowest BCUT2D eigenvalue weighted by molar-refractivity contribution is 1.12. The summed E-state index contributed by atoms with van der Waals surface area (Å²) >= 11 is 12.2. The van der Waals surface area contributed by atoms with E-state index < -0.39 is 0 Å². The maximum Gasteiger partial charge on any atom is 0.0499 e. The Kier molecular flexibility index (Phi) is 3.99. The lowest BCUT2D eigenvalue weighted by Gasteiger charge is -2.14. The molecule has 18 heavy (non-hydrogen) atoms. The number of halogens is 2.